The molecule has 1 N–H and O–H groups in total. The fourth-order valence-corrected chi connectivity index (χ4v) is 4.14. The first-order valence-electron chi connectivity index (χ1n) is 8.10. The van der Waals surface area contributed by atoms with Crippen LogP contribution in [-0.2, 0) is 14.8 Å². The molecule has 0 aromatic heterocycles. The topological polar surface area (TPSA) is 66.5 Å². The Morgan fingerprint density at radius 2 is 1.69 bits per heavy atom. The molecule has 0 saturated heterocycles. The van der Waals surface area contributed by atoms with Gasteiger partial charge in [0.05, 0.1) is 17.0 Å². The lowest BCUT2D eigenvalue weighted by Gasteiger charge is -2.25. The van der Waals surface area contributed by atoms with Crippen molar-refractivity contribution >= 4 is 38.9 Å². The summed E-state index contributed by atoms with van der Waals surface area (Å²) < 4.78 is 25.6. The van der Waals surface area contributed by atoms with Crippen LogP contribution in [0, 0.1) is 27.7 Å². The van der Waals surface area contributed by atoms with E-state index in [1.165, 1.54) is 0 Å². The standard InChI is InChI=1S/C19H23ClN2O3S/c1-12-8-15(4)19(17(20)9-12)22(26(5,24)25)11-18(23)21-16-7-6-13(2)14(3)10-16/h6-10H,11H2,1-5H3,(H,21,23). The van der Waals surface area contributed by atoms with E-state index in [2.05, 4.69) is 5.32 Å². The highest BCUT2D eigenvalue weighted by Gasteiger charge is 2.25. The molecule has 140 valence electrons. The Hall–Kier alpha value is -2.05. The first-order valence-corrected chi connectivity index (χ1v) is 10.3. The average molecular weight is 395 g/mol. The fourth-order valence-electron chi connectivity index (χ4n) is 2.74. The predicted octanol–water partition coefficient (Wildman–Crippen LogP) is 3.98. The second-order valence-corrected chi connectivity index (χ2v) is 8.84. The van der Waals surface area contributed by atoms with Gasteiger partial charge in [-0.15, -0.1) is 0 Å². The summed E-state index contributed by atoms with van der Waals surface area (Å²) in [6.45, 7) is 7.22. The van der Waals surface area contributed by atoms with Crippen LogP contribution < -0.4 is 9.62 Å². The number of rotatable bonds is 5. The summed E-state index contributed by atoms with van der Waals surface area (Å²) in [5.41, 5.74) is 4.72. The molecule has 0 bridgehead atoms. The van der Waals surface area contributed by atoms with Crippen molar-refractivity contribution in [1.29, 1.82) is 0 Å². The molecule has 0 saturated carbocycles. The third-order valence-electron chi connectivity index (χ3n) is 4.13. The van der Waals surface area contributed by atoms with Gasteiger partial charge in [0.1, 0.15) is 6.54 Å². The maximum absolute atomic E-state index is 12.5. The number of sulfonamides is 1. The second-order valence-electron chi connectivity index (χ2n) is 6.53. The zero-order chi connectivity index (χ0) is 19.6. The van der Waals surface area contributed by atoms with Gasteiger partial charge < -0.3 is 5.32 Å². The maximum atomic E-state index is 12.5. The van der Waals surface area contributed by atoms with E-state index in [0.717, 1.165) is 27.3 Å². The van der Waals surface area contributed by atoms with Gasteiger partial charge in [0.2, 0.25) is 15.9 Å². The molecule has 0 spiro atoms. The van der Waals surface area contributed by atoms with E-state index >= 15 is 0 Å². The van der Waals surface area contributed by atoms with E-state index < -0.39 is 15.9 Å². The number of nitrogens with zero attached hydrogens (tertiary/aromatic N) is 1. The van der Waals surface area contributed by atoms with Crippen LogP contribution in [-0.4, -0.2) is 27.1 Å². The lowest BCUT2D eigenvalue weighted by Crippen LogP contribution is -2.38. The Morgan fingerprint density at radius 3 is 2.23 bits per heavy atom. The van der Waals surface area contributed by atoms with Crippen molar-refractivity contribution in [2.45, 2.75) is 27.7 Å². The van der Waals surface area contributed by atoms with Crippen molar-refractivity contribution in [1.82, 2.24) is 0 Å². The lowest BCUT2D eigenvalue weighted by molar-refractivity contribution is -0.114. The van der Waals surface area contributed by atoms with Gasteiger partial charge in [-0.25, -0.2) is 8.42 Å². The van der Waals surface area contributed by atoms with Crippen LogP contribution in [0.2, 0.25) is 5.02 Å². The Labute approximate surface area is 160 Å². The summed E-state index contributed by atoms with van der Waals surface area (Å²) in [6.07, 6.45) is 1.06. The smallest absolute Gasteiger partial charge is 0.245 e. The van der Waals surface area contributed by atoms with Crippen LogP contribution in [0.4, 0.5) is 11.4 Å². The van der Waals surface area contributed by atoms with E-state index in [-0.39, 0.29) is 6.54 Å². The number of carbonyl (C=O) groups excluding carboxylic acids is 1. The lowest BCUT2D eigenvalue weighted by atomic mass is 10.1. The molecule has 2 aromatic carbocycles. The number of benzene rings is 2. The van der Waals surface area contributed by atoms with Gasteiger partial charge in [-0.05, 0) is 68.1 Å². The predicted molar refractivity (Wildman–Crippen MR) is 108 cm³/mol. The second kappa shape index (κ2) is 7.68. The molecule has 0 aliphatic rings. The van der Waals surface area contributed by atoms with Crippen molar-refractivity contribution in [3.63, 3.8) is 0 Å². The Balaban J connectivity index is 2.32. The van der Waals surface area contributed by atoms with E-state index in [0.29, 0.717) is 22.0 Å². The summed E-state index contributed by atoms with van der Waals surface area (Å²) in [7, 11) is -3.69. The number of amides is 1. The fraction of sp³-hybridized carbons (Fsp3) is 0.316. The number of aryl methyl sites for hydroxylation is 4. The summed E-state index contributed by atoms with van der Waals surface area (Å²) >= 11 is 6.28. The molecular weight excluding hydrogens is 372 g/mol. The zero-order valence-corrected chi connectivity index (χ0v) is 17.1. The third-order valence-corrected chi connectivity index (χ3v) is 5.53. The molecule has 2 aromatic rings. The van der Waals surface area contributed by atoms with Crippen LogP contribution in [0.1, 0.15) is 22.3 Å². The van der Waals surface area contributed by atoms with Crippen LogP contribution in [0.3, 0.4) is 0 Å². The first-order chi connectivity index (χ1) is 12.0. The molecule has 5 nitrogen and oxygen atoms in total. The SMILES string of the molecule is Cc1cc(C)c(N(CC(=O)Nc2ccc(C)c(C)c2)S(C)(=O)=O)c(Cl)c1. The van der Waals surface area contributed by atoms with Gasteiger partial charge in [-0.2, -0.15) is 0 Å². The van der Waals surface area contributed by atoms with Gasteiger partial charge in [0, 0.05) is 5.69 Å². The minimum Gasteiger partial charge on any atom is -0.325 e. The molecule has 2 rings (SSSR count). The highest BCUT2D eigenvalue weighted by molar-refractivity contribution is 7.92. The maximum Gasteiger partial charge on any atom is 0.245 e. The molecule has 7 heteroatoms. The quantitative estimate of drug-likeness (QED) is 0.834. The summed E-state index contributed by atoms with van der Waals surface area (Å²) in [6, 6.07) is 9.06. The highest BCUT2D eigenvalue weighted by atomic mass is 35.5. The van der Waals surface area contributed by atoms with Crippen LogP contribution in [0.15, 0.2) is 30.3 Å². The van der Waals surface area contributed by atoms with Crippen molar-refractivity contribution in [3.8, 4) is 0 Å². The summed E-state index contributed by atoms with van der Waals surface area (Å²) in [4.78, 5) is 12.5. The molecule has 0 atom stereocenters. The van der Waals surface area contributed by atoms with Crippen LogP contribution in [0.25, 0.3) is 0 Å². The Kier molecular flexibility index (Phi) is 5.98. The molecular formula is C19H23ClN2O3S. The molecule has 0 aliphatic carbocycles. The van der Waals surface area contributed by atoms with Crippen molar-refractivity contribution in [2.75, 3.05) is 22.4 Å². The Morgan fingerprint density at radius 1 is 1.04 bits per heavy atom. The normalized spacial score (nSPS) is 11.3. The van der Waals surface area contributed by atoms with Gasteiger partial charge in [-0.1, -0.05) is 23.7 Å². The highest BCUT2D eigenvalue weighted by Crippen LogP contribution is 2.32. The summed E-state index contributed by atoms with van der Waals surface area (Å²) in [5, 5.41) is 3.04. The van der Waals surface area contributed by atoms with Crippen LogP contribution >= 0.6 is 11.6 Å². The Bertz CT molecular complexity index is 932. The van der Waals surface area contributed by atoms with Gasteiger partial charge in [-0.3, -0.25) is 9.10 Å². The van der Waals surface area contributed by atoms with Gasteiger partial charge >= 0.3 is 0 Å². The molecule has 0 fully saturated rings. The minimum absolute atomic E-state index is 0.298. The molecule has 0 heterocycles. The van der Waals surface area contributed by atoms with Gasteiger partial charge in [0.15, 0.2) is 0 Å². The molecule has 26 heavy (non-hydrogen) atoms. The third kappa shape index (κ3) is 4.77. The number of hydrogen-bond donors (Lipinski definition) is 1. The van der Waals surface area contributed by atoms with E-state index in [9.17, 15) is 13.2 Å². The molecule has 0 aliphatic heterocycles. The minimum atomic E-state index is -3.69. The molecule has 0 radical (unpaired) electrons. The summed E-state index contributed by atoms with van der Waals surface area (Å²) in [5.74, 6) is -0.435. The number of hydrogen-bond acceptors (Lipinski definition) is 3. The van der Waals surface area contributed by atoms with Crippen molar-refractivity contribution in [3.05, 3.63) is 57.6 Å². The van der Waals surface area contributed by atoms with Crippen molar-refractivity contribution < 1.29 is 13.2 Å². The van der Waals surface area contributed by atoms with E-state index in [1.54, 1.807) is 19.1 Å². The number of carbonyl (C=O) groups is 1. The number of nitrogens with one attached hydrogen (secondary N) is 1. The monoisotopic (exact) mass is 394 g/mol. The van der Waals surface area contributed by atoms with Crippen LogP contribution in [0.5, 0.6) is 0 Å². The number of halogens is 1. The largest absolute Gasteiger partial charge is 0.325 e. The average Bonchev–Trinajstić information content (AvgIpc) is 2.48. The zero-order valence-electron chi connectivity index (χ0n) is 15.6. The number of anilines is 2. The van der Waals surface area contributed by atoms with E-state index in [1.807, 2.05) is 39.0 Å². The van der Waals surface area contributed by atoms with Gasteiger partial charge in [0.25, 0.3) is 0 Å². The first kappa shape index (κ1) is 20.3. The van der Waals surface area contributed by atoms with E-state index in [4.69, 9.17) is 11.6 Å². The molecule has 0 unspecified atom stereocenters. The molecule has 1 amide bonds. The van der Waals surface area contributed by atoms with Crippen molar-refractivity contribution in [2.24, 2.45) is 0 Å².